The van der Waals surface area contributed by atoms with E-state index in [2.05, 4.69) is 18.3 Å². The van der Waals surface area contributed by atoms with Crippen molar-refractivity contribution in [3.8, 4) is 5.75 Å². The van der Waals surface area contributed by atoms with E-state index in [0.717, 1.165) is 17.2 Å². The van der Waals surface area contributed by atoms with Crippen LogP contribution in [0.25, 0.3) is 0 Å². The van der Waals surface area contributed by atoms with E-state index >= 15 is 0 Å². The Morgan fingerprint density at radius 1 is 1.37 bits per heavy atom. The van der Waals surface area contributed by atoms with Crippen LogP contribution in [0.2, 0.25) is 5.02 Å². The third-order valence-electron chi connectivity index (χ3n) is 2.97. The molecule has 1 aromatic heterocycles. The van der Waals surface area contributed by atoms with Crippen molar-refractivity contribution < 1.29 is 4.74 Å². The topological polar surface area (TPSA) is 21.3 Å². The van der Waals surface area contributed by atoms with Gasteiger partial charge in [0.25, 0.3) is 0 Å². The number of nitrogens with one attached hydrogen (secondary N) is 1. The highest BCUT2D eigenvalue weighted by Gasteiger charge is 2.14. The number of halogens is 1. The van der Waals surface area contributed by atoms with Gasteiger partial charge in [-0.3, -0.25) is 0 Å². The second-order valence-corrected chi connectivity index (χ2v) is 5.78. The molecule has 0 fully saturated rings. The molecule has 1 unspecified atom stereocenters. The highest BCUT2D eigenvalue weighted by atomic mass is 35.5. The molecular formula is C15H18ClNOS. The lowest BCUT2D eigenvalue weighted by Crippen LogP contribution is -2.18. The summed E-state index contributed by atoms with van der Waals surface area (Å²) in [5, 5.41) is 6.14. The highest BCUT2D eigenvalue weighted by Crippen LogP contribution is 2.30. The second-order valence-electron chi connectivity index (χ2n) is 4.43. The summed E-state index contributed by atoms with van der Waals surface area (Å²) in [6.45, 7) is 2.73. The first-order valence-corrected chi connectivity index (χ1v) is 7.56. The molecule has 0 bridgehead atoms. The quantitative estimate of drug-likeness (QED) is 0.851. The van der Waals surface area contributed by atoms with Crippen LogP contribution in [0.3, 0.4) is 0 Å². The van der Waals surface area contributed by atoms with Gasteiger partial charge in [0.15, 0.2) is 0 Å². The number of ether oxygens (including phenoxy) is 1. The summed E-state index contributed by atoms with van der Waals surface area (Å²) in [5.41, 5.74) is 1.21. The number of hydrogen-bond donors (Lipinski definition) is 1. The van der Waals surface area contributed by atoms with Gasteiger partial charge in [-0.1, -0.05) is 23.7 Å². The molecule has 0 saturated carbocycles. The van der Waals surface area contributed by atoms with Crippen LogP contribution in [-0.2, 0) is 0 Å². The average Bonchev–Trinajstić information content (AvgIpc) is 2.81. The maximum absolute atomic E-state index is 6.16. The predicted molar refractivity (Wildman–Crippen MR) is 82.4 cm³/mol. The highest BCUT2D eigenvalue weighted by molar-refractivity contribution is 7.10. The summed E-state index contributed by atoms with van der Waals surface area (Å²) in [6, 6.07) is 10.3. The summed E-state index contributed by atoms with van der Waals surface area (Å²) in [6.07, 6.45) is 0.894. The number of benzene rings is 1. The van der Waals surface area contributed by atoms with E-state index in [4.69, 9.17) is 16.3 Å². The Kier molecular flexibility index (Phi) is 5.25. The lowest BCUT2D eigenvalue weighted by molar-refractivity contribution is 0.291. The number of hydrogen-bond acceptors (Lipinski definition) is 3. The van der Waals surface area contributed by atoms with Crippen LogP contribution in [0.1, 0.15) is 22.9 Å². The van der Waals surface area contributed by atoms with Gasteiger partial charge in [0.1, 0.15) is 5.75 Å². The maximum Gasteiger partial charge on any atom is 0.119 e. The van der Waals surface area contributed by atoms with Gasteiger partial charge in [-0.25, -0.2) is 0 Å². The molecule has 0 aliphatic rings. The number of rotatable bonds is 6. The van der Waals surface area contributed by atoms with Gasteiger partial charge in [0.2, 0.25) is 0 Å². The SMILES string of the molecule is CNC(CCOc1cccc(C)c1)c1sccc1Cl. The summed E-state index contributed by atoms with van der Waals surface area (Å²) in [7, 11) is 1.95. The zero-order valence-electron chi connectivity index (χ0n) is 11.2. The minimum Gasteiger partial charge on any atom is -0.494 e. The van der Waals surface area contributed by atoms with E-state index in [1.807, 2.05) is 36.7 Å². The van der Waals surface area contributed by atoms with Crippen molar-refractivity contribution in [3.05, 3.63) is 51.2 Å². The molecule has 19 heavy (non-hydrogen) atoms. The predicted octanol–water partition coefficient (Wildman–Crippen LogP) is 4.44. The molecule has 0 amide bonds. The van der Waals surface area contributed by atoms with Crippen LogP contribution in [0.4, 0.5) is 0 Å². The van der Waals surface area contributed by atoms with Gasteiger partial charge < -0.3 is 10.1 Å². The second kappa shape index (κ2) is 6.94. The van der Waals surface area contributed by atoms with Gasteiger partial charge in [0, 0.05) is 17.3 Å². The van der Waals surface area contributed by atoms with Crippen molar-refractivity contribution in [1.82, 2.24) is 5.32 Å². The van der Waals surface area contributed by atoms with E-state index in [1.54, 1.807) is 11.3 Å². The molecule has 0 aliphatic carbocycles. The fraction of sp³-hybridized carbons (Fsp3) is 0.333. The molecule has 0 aliphatic heterocycles. The van der Waals surface area contributed by atoms with Crippen molar-refractivity contribution in [2.75, 3.05) is 13.7 Å². The lowest BCUT2D eigenvalue weighted by atomic mass is 10.2. The zero-order chi connectivity index (χ0) is 13.7. The normalized spacial score (nSPS) is 12.4. The first kappa shape index (κ1) is 14.4. The van der Waals surface area contributed by atoms with Crippen LogP contribution >= 0.6 is 22.9 Å². The lowest BCUT2D eigenvalue weighted by Gasteiger charge is -2.16. The summed E-state index contributed by atoms with van der Waals surface area (Å²) in [4.78, 5) is 1.18. The van der Waals surface area contributed by atoms with Crippen LogP contribution < -0.4 is 10.1 Å². The molecule has 2 aromatic rings. The van der Waals surface area contributed by atoms with E-state index in [1.165, 1.54) is 10.4 Å². The van der Waals surface area contributed by atoms with Crippen LogP contribution in [0.15, 0.2) is 35.7 Å². The summed E-state index contributed by atoms with van der Waals surface area (Å²) < 4.78 is 5.78. The smallest absolute Gasteiger partial charge is 0.119 e. The Hall–Kier alpha value is -1.03. The molecule has 4 heteroatoms. The summed E-state index contributed by atoms with van der Waals surface area (Å²) >= 11 is 7.84. The first-order chi connectivity index (χ1) is 9.20. The monoisotopic (exact) mass is 295 g/mol. The first-order valence-electron chi connectivity index (χ1n) is 6.30. The minimum atomic E-state index is 0.248. The molecule has 0 spiro atoms. The summed E-state index contributed by atoms with van der Waals surface area (Å²) in [5.74, 6) is 0.923. The van der Waals surface area contributed by atoms with Gasteiger partial charge in [0.05, 0.1) is 11.6 Å². The Bertz CT molecular complexity index is 526. The Morgan fingerprint density at radius 2 is 2.21 bits per heavy atom. The Balaban J connectivity index is 1.89. The van der Waals surface area contributed by atoms with Crippen LogP contribution in [-0.4, -0.2) is 13.7 Å². The zero-order valence-corrected chi connectivity index (χ0v) is 12.7. The molecule has 1 atom stereocenters. The standard InChI is InChI=1S/C15H18ClNOS/c1-11-4-3-5-12(10-11)18-8-6-14(17-2)15-13(16)7-9-19-15/h3-5,7,9-10,14,17H,6,8H2,1-2H3. The number of thiophene rings is 1. The minimum absolute atomic E-state index is 0.248. The fourth-order valence-electron chi connectivity index (χ4n) is 1.96. The van der Waals surface area contributed by atoms with Crippen LogP contribution in [0, 0.1) is 6.92 Å². The van der Waals surface area contributed by atoms with Gasteiger partial charge in [-0.05, 0) is 43.1 Å². The molecular weight excluding hydrogens is 278 g/mol. The molecule has 1 aromatic carbocycles. The van der Waals surface area contributed by atoms with Crippen LogP contribution in [0.5, 0.6) is 5.75 Å². The van der Waals surface area contributed by atoms with Crippen molar-refractivity contribution in [3.63, 3.8) is 0 Å². The Morgan fingerprint density at radius 3 is 2.84 bits per heavy atom. The third-order valence-corrected chi connectivity index (χ3v) is 4.45. The van der Waals surface area contributed by atoms with E-state index in [-0.39, 0.29) is 6.04 Å². The molecule has 102 valence electrons. The van der Waals surface area contributed by atoms with E-state index in [0.29, 0.717) is 6.61 Å². The average molecular weight is 296 g/mol. The van der Waals surface area contributed by atoms with Crippen molar-refractivity contribution in [1.29, 1.82) is 0 Å². The van der Waals surface area contributed by atoms with Crippen molar-refractivity contribution in [2.45, 2.75) is 19.4 Å². The molecule has 1 heterocycles. The van der Waals surface area contributed by atoms with Crippen molar-refractivity contribution >= 4 is 22.9 Å². The molecule has 2 nitrogen and oxygen atoms in total. The van der Waals surface area contributed by atoms with E-state index in [9.17, 15) is 0 Å². The number of aryl methyl sites for hydroxylation is 1. The van der Waals surface area contributed by atoms with Gasteiger partial charge in [-0.2, -0.15) is 0 Å². The third kappa shape index (κ3) is 3.96. The maximum atomic E-state index is 6.16. The largest absolute Gasteiger partial charge is 0.494 e. The fourth-order valence-corrected chi connectivity index (χ4v) is 3.29. The van der Waals surface area contributed by atoms with Gasteiger partial charge in [-0.15, -0.1) is 11.3 Å². The van der Waals surface area contributed by atoms with E-state index < -0.39 is 0 Å². The molecule has 1 N–H and O–H groups in total. The Labute approximate surface area is 123 Å². The molecule has 0 saturated heterocycles. The van der Waals surface area contributed by atoms with Crippen molar-refractivity contribution in [2.24, 2.45) is 0 Å². The van der Waals surface area contributed by atoms with Gasteiger partial charge >= 0.3 is 0 Å². The molecule has 0 radical (unpaired) electrons. The molecule has 2 rings (SSSR count).